The van der Waals surface area contributed by atoms with E-state index in [1.165, 1.54) is 36.0 Å². The topological polar surface area (TPSA) is 37.3 Å². The highest BCUT2D eigenvalue weighted by molar-refractivity contribution is 5.89. The molecule has 1 N–H and O–H groups in total. The third-order valence-corrected chi connectivity index (χ3v) is 5.66. The molecule has 0 spiro atoms. The van der Waals surface area contributed by atoms with Crippen LogP contribution in [-0.4, -0.2) is 11.1 Å². The monoisotopic (exact) mass is 378 g/mol. The van der Waals surface area contributed by atoms with Gasteiger partial charge in [-0.15, -0.1) is 0 Å². The number of aromatic carboxylic acids is 1. The van der Waals surface area contributed by atoms with Gasteiger partial charge in [0.1, 0.15) is 0 Å². The molecule has 0 radical (unpaired) electrons. The van der Waals surface area contributed by atoms with Crippen LogP contribution in [0.5, 0.6) is 0 Å². The van der Waals surface area contributed by atoms with Gasteiger partial charge in [-0.3, -0.25) is 0 Å². The van der Waals surface area contributed by atoms with Crippen molar-refractivity contribution in [1.29, 1.82) is 0 Å². The van der Waals surface area contributed by atoms with Gasteiger partial charge < -0.3 is 5.11 Å². The summed E-state index contributed by atoms with van der Waals surface area (Å²) in [5.41, 5.74) is 7.72. The minimum absolute atomic E-state index is 0.218. The predicted molar refractivity (Wildman–Crippen MR) is 119 cm³/mol. The Morgan fingerprint density at radius 2 is 1.68 bits per heavy atom. The van der Waals surface area contributed by atoms with Crippen LogP contribution in [0.2, 0.25) is 0 Å². The SMILES string of the molecule is C=C(c1ccc(C(=O)O)cc1)c1cc2c(cc1C)C(C)(C)CCC2C.CCC. The third kappa shape index (κ3) is 4.55. The van der Waals surface area contributed by atoms with Gasteiger partial charge in [-0.1, -0.05) is 71.9 Å². The van der Waals surface area contributed by atoms with E-state index in [0.717, 1.165) is 16.7 Å². The molecule has 2 nitrogen and oxygen atoms in total. The molecular formula is C26H34O2. The van der Waals surface area contributed by atoms with Crippen molar-refractivity contribution in [2.75, 3.05) is 0 Å². The lowest BCUT2D eigenvalue weighted by Crippen LogP contribution is -2.26. The maximum absolute atomic E-state index is 11.0. The van der Waals surface area contributed by atoms with Crippen LogP contribution in [0.15, 0.2) is 43.0 Å². The first-order chi connectivity index (χ1) is 13.1. The second-order valence-electron chi connectivity index (χ2n) is 8.65. The summed E-state index contributed by atoms with van der Waals surface area (Å²) in [4.78, 5) is 11.0. The van der Waals surface area contributed by atoms with E-state index in [1.54, 1.807) is 12.1 Å². The summed E-state index contributed by atoms with van der Waals surface area (Å²) in [7, 11) is 0. The number of carboxylic acids is 1. The third-order valence-electron chi connectivity index (χ3n) is 5.66. The second-order valence-corrected chi connectivity index (χ2v) is 8.65. The summed E-state index contributed by atoms with van der Waals surface area (Å²) in [6.45, 7) is 17.6. The largest absolute Gasteiger partial charge is 0.478 e. The van der Waals surface area contributed by atoms with Crippen molar-refractivity contribution in [3.05, 3.63) is 76.4 Å². The van der Waals surface area contributed by atoms with E-state index in [1.807, 2.05) is 12.1 Å². The summed E-state index contributed by atoms with van der Waals surface area (Å²) < 4.78 is 0. The lowest BCUT2D eigenvalue weighted by molar-refractivity contribution is 0.0697. The quantitative estimate of drug-likeness (QED) is 0.606. The zero-order valence-corrected chi connectivity index (χ0v) is 18.2. The minimum Gasteiger partial charge on any atom is -0.478 e. The molecule has 1 aliphatic rings. The van der Waals surface area contributed by atoms with Gasteiger partial charge in [0, 0.05) is 0 Å². The highest BCUT2D eigenvalue weighted by atomic mass is 16.4. The van der Waals surface area contributed by atoms with E-state index < -0.39 is 5.97 Å². The molecule has 28 heavy (non-hydrogen) atoms. The van der Waals surface area contributed by atoms with Gasteiger partial charge >= 0.3 is 5.97 Å². The number of fused-ring (bicyclic) bond motifs is 1. The lowest BCUT2D eigenvalue weighted by Gasteiger charge is -2.37. The molecule has 150 valence electrons. The zero-order chi connectivity index (χ0) is 21.1. The van der Waals surface area contributed by atoms with Gasteiger partial charge in [-0.05, 0) is 76.6 Å². The molecule has 2 aromatic rings. The van der Waals surface area contributed by atoms with Crippen molar-refractivity contribution < 1.29 is 9.90 Å². The Morgan fingerprint density at radius 3 is 2.21 bits per heavy atom. The van der Waals surface area contributed by atoms with Crippen molar-refractivity contribution in [2.45, 2.75) is 72.1 Å². The number of hydrogen-bond donors (Lipinski definition) is 1. The van der Waals surface area contributed by atoms with E-state index >= 15 is 0 Å². The van der Waals surface area contributed by atoms with Crippen LogP contribution in [-0.2, 0) is 5.41 Å². The van der Waals surface area contributed by atoms with Crippen molar-refractivity contribution in [1.82, 2.24) is 0 Å². The molecule has 2 heteroatoms. The average Bonchev–Trinajstić information content (AvgIpc) is 2.65. The number of carbonyl (C=O) groups is 1. The molecule has 0 amide bonds. The maximum Gasteiger partial charge on any atom is 0.335 e. The molecule has 0 saturated heterocycles. The first-order valence-corrected chi connectivity index (χ1v) is 10.3. The van der Waals surface area contributed by atoms with Crippen LogP contribution in [0.4, 0.5) is 0 Å². The minimum atomic E-state index is -0.904. The van der Waals surface area contributed by atoms with E-state index in [4.69, 9.17) is 5.11 Å². The number of carboxylic acid groups (broad SMARTS) is 1. The molecule has 0 aromatic heterocycles. The highest BCUT2D eigenvalue weighted by Gasteiger charge is 2.31. The second kappa shape index (κ2) is 8.77. The predicted octanol–water partition coefficient (Wildman–Crippen LogP) is 7.35. The summed E-state index contributed by atoms with van der Waals surface area (Å²) >= 11 is 0. The Labute approximate surface area is 170 Å². The smallest absolute Gasteiger partial charge is 0.335 e. The molecule has 0 saturated carbocycles. The first kappa shape index (κ1) is 21.9. The molecule has 1 atom stereocenters. The van der Waals surface area contributed by atoms with Gasteiger partial charge in [-0.25, -0.2) is 4.79 Å². The van der Waals surface area contributed by atoms with Crippen LogP contribution >= 0.6 is 0 Å². The van der Waals surface area contributed by atoms with Gasteiger partial charge in [0.15, 0.2) is 0 Å². The summed E-state index contributed by atoms with van der Waals surface area (Å²) in [6, 6.07) is 11.6. The normalized spacial score (nSPS) is 17.1. The van der Waals surface area contributed by atoms with Crippen LogP contribution in [0.25, 0.3) is 5.57 Å². The summed E-state index contributed by atoms with van der Waals surface area (Å²) in [5.74, 6) is -0.345. The van der Waals surface area contributed by atoms with E-state index in [9.17, 15) is 4.79 Å². The van der Waals surface area contributed by atoms with Gasteiger partial charge in [-0.2, -0.15) is 0 Å². The Bertz CT molecular complexity index is 857. The van der Waals surface area contributed by atoms with Crippen LogP contribution in [0.3, 0.4) is 0 Å². The van der Waals surface area contributed by atoms with E-state index in [2.05, 4.69) is 60.3 Å². The van der Waals surface area contributed by atoms with Crippen LogP contribution in [0, 0.1) is 6.92 Å². The van der Waals surface area contributed by atoms with Gasteiger partial charge in [0.2, 0.25) is 0 Å². The Kier molecular flexibility index (Phi) is 6.87. The number of benzene rings is 2. The maximum atomic E-state index is 11.0. The molecule has 0 heterocycles. The Balaban J connectivity index is 0.000000878. The fourth-order valence-corrected chi connectivity index (χ4v) is 3.88. The van der Waals surface area contributed by atoms with Gasteiger partial charge in [0.05, 0.1) is 5.56 Å². The molecule has 1 unspecified atom stereocenters. The molecule has 1 aliphatic carbocycles. The molecule has 0 bridgehead atoms. The van der Waals surface area contributed by atoms with E-state index in [0.29, 0.717) is 11.5 Å². The number of hydrogen-bond acceptors (Lipinski definition) is 1. The fourth-order valence-electron chi connectivity index (χ4n) is 3.88. The van der Waals surface area contributed by atoms with Crippen molar-refractivity contribution >= 4 is 11.5 Å². The Hall–Kier alpha value is -2.35. The summed E-state index contributed by atoms with van der Waals surface area (Å²) in [6.07, 6.45) is 3.68. The van der Waals surface area contributed by atoms with Crippen LogP contribution in [0.1, 0.15) is 98.0 Å². The number of aryl methyl sites for hydroxylation is 1. The van der Waals surface area contributed by atoms with E-state index in [-0.39, 0.29) is 5.41 Å². The van der Waals surface area contributed by atoms with Crippen LogP contribution < -0.4 is 0 Å². The molecule has 2 aromatic carbocycles. The van der Waals surface area contributed by atoms with Gasteiger partial charge in [0.25, 0.3) is 0 Å². The molecule has 3 rings (SSSR count). The molecule has 0 fully saturated rings. The zero-order valence-electron chi connectivity index (χ0n) is 18.2. The number of rotatable bonds is 3. The Morgan fingerprint density at radius 1 is 1.14 bits per heavy atom. The van der Waals surface area contributed by atoms with Crippen molar-refractivity contribution in [3.63, 3.8) is 0 Å². The standard InChI is InChI=1S/C23H26O2.C3H8/c1-14-10-11-23(4,5)21-12-15(2)19(13-20(14)21)16(3)17-6-8-18(9-7-17)22(24)25;1-3-2/h6-9,12-14H,3,10-11H2,1-2,4-5H3,(H,24,25);3H2,1-2H3. The average molecular weight is 379 g/mol. The summed E-state index contributed by atoms with van der Waals surface area (Å²) in [5, 5.41) is 9.06. The lowest BCUT2D eigenvalue weighted by atomic mass is 9.68. The van der Waals surface area contributed by atoms with Crippen molar-refractivity contribution in [2.24, 2.45) is 0 Å². The highest BCUT2D eigenvalue weighted by Crippen LogP contribution is 2.44. The fraction of sp³-hybridized carbons (Fsp3) is 0.423. The molecule has 0 aliphatic heterocycles. The molecular weight excluding hydrogens is 344 g/mol. The first-order valence-electron chi connectivity index (χ1n) is 10.3. The van der Waals surface area contributed by atoms with Crippen molar-refractivity contribution in [3.8, 4) is 0 Å².